The first kappa shape index (κ1) is 21.0. The molecule has 6 rings (SSSR count). The van der Waals surface area contributed by atoms with E-state index in [1.54, 1.807) is 0 Å². The number of hydrogen-bond donors (Lipinski definition) is 0. The molecule has 7 unspecified atom stereocenters. The van der Waals surface area contributed by atoms with E-state index in [2.05, 4.69) is 65.0 Å². The van der Waals surface area contributed by atoms with Crippen molar-refractivity contribution >= 4 is 10.8 Å². The Labute approximate surface area is 194 Å². The molecule has 0 spiro atoms. The van der Waals surface area contributed by atoms with Gasteiger partial charge in [-0.15, -0.1) is 0 Å². The van der Waals surface area contributed by atoms with Crippen LogP contribution < -0.4 is 4.74 Å². The van der Waals surface area contributed by atoms with Crippen molar-refractivity contribution in [2.45, 2.75) is 91.5 Å². The van der Waals surface area contributed by atoms with Gasteiger partial charge in [0.25, 0.3) is 0 Å². The fourth-order valence-corrected chi connectivity index (χ4v) is 7.93. The molecule has 0 amide bonds. The molecule has 2 nitrogen and oxygen atoms in total. The lowest BCUT2D eigenvalue weighted by atomic mass is 9.77. The molecular formula is C30H40O2. The summed E-state index contributed by atoms with van der Waals surface area (Å²) in [5.41, 5.74) is 3.24. The second-order valence-electron chi connectivity index (χ2n) is 12.7. The highest BCUT2D eigenvalue weighted by Gasteiger charge is 2.54. The van der Waals surface area contributed by atoms with Crippen molar-refractivity contribution in [1.29, 1.82) is 0 Å². The number of benzene rings is 2. The van der Waals surface area contributed by atoms with Crippen molar-refractivity contribution in [2.24, 2.45) is 35.0 Å². The minimum Gasteiger partial charge on any atom is -0.464 e. The molecule has 2 aromatic rings. The Bertz CT molecular complexity index is 1020. The number of fused-ring (bicyclic) bond motifs is 5. The zero-order chi connectivity index (χ0) is 22.2. The van der Waals surface area contributed by atoms with Crippen molar-refractivity contribution in [3.63, 3.8) is 0 Å². The Balaban J connectivity index is 1.27. The minimum absolute atomic E-state index is 0.170. The van der Waals surface area contributed by atoms with Gasteiger partial charge in [-0.1, -0.05) is 65.3 Å². The smallest absolute Gasteiger partial charge is 0.202 e. The van der Waals surface area contributed by atoms with Gasteiger partial charge in [0.05, 0.1) is 6.10 Å². The first-order valence-corrected chi connectivity index (χ1v) is 13.2. The summed E-state index contributed by atoms with van der Waals surface area (Å²) < 4.78 is 13.5. The van der Waals surface area contributed by atoms with Crippen LogP contribution in [0.25, 0.3) is 10.8 Å². The molecular weight excluding hydrogens is 392 g/mol. The molecule has 0 radical (unpaired) electrons. The third kappa shape index (κ3) is 3.23. The number of ether oxygens (including phenoxy) is 2. The Morgan fingerprint density at radius 1 is 0.938 bits per heavy atom. The van der Waals surface area contributed by atoms with Gasteiger partial charge in [-0.25, -0.2) is 0 Å². The molecule has 172 valence electrons. The summed E-state index contributed by atoms with van der Waals surface area (Å²) in [6, 6.07) is 11.3. The van der Waals surface area contributed by atoms with E-state index in [0.29, 0.717) is 17.9 Å². The Hall–Kier alpha value is -1.54. The molecule has 4 aliphatic carbocycles. The highest BCUT2D eigenvalue weighted by Crippen LogP contribution is 2.59. The summed E-state index contributed by atoms with van der Waals surface area (Å²) in [4.78, 5) is 0. The van der Waals surface area contributed by atoms with E-state index in [4.69, 9.17) is 9.47 Å². The summed E-state index contributed by atoms with van der Waals surface area (Å²) in [5.74, 6) is 5.53. The van der Waals surface area contributed by atoms with Crippen LogP contribution in [0.5, 0.6) is 5.75 Å². The summed E-state index contributed by atoms with van der Waals surface area (Å²) in [6.45, 7) is 11.6. The zero-order valence-electron chi connectivity index (χ0n) is 20.6. The van der Waals surface area contributed by atoms with Crippen LogP contribution in [-0.4, -0.2) is 12.4 Å². The third-order valence-corrected chi connectivity index (χ3v) is 9.43. The molecule has 2 aromatic carbocycles. The lowest BCUT2D eigenvalue weighted by Crippen LogP contribution is -2.37. The highest BCUT2D eigenvalue weighted by atomic mass is 16.7. The molecule has 0 heterocycles. The van der Waals surface area contributed by atoms with Gasteiger partial charge in [0.2, 0.25) is 6.29 Å². The quantitative estimate of drug-likeness (QED) is 0.450. The zero-order valence-corrected chi connectivity index (χ0v) is 20.6. The van der Waals surface area contributed by atoms with Crippen LogP contribution in [0.2, 0.25) is 0 Å². The maximum Gasteiger partial charge on any atom is 0.202 e. The maximum absolute atomic E-state index is 6.80. The molecule has 4 aliphatic rings. The summed E-state index contributed by atoms with van der Waals surface area (Å²) in [5, 5.41) is 2.70. The maximum atomic E-state index is 6.80. The molecule has 0 N–H and O–H groups in total. The van der Waals surface area contributed by atoms with Crippen LogP contribution in [0.3, 0.4) is 0 Å². The van der Waals surface area contributed by atoms with Gasteiger partial charge in [0.1, 0.15) is 5.75 Å². The SMILES string of the molecule is CC(C)C(Oc1ccc2c3c(cccc13)CC2C(C)(C)C)OC1CC2CC1C1CCCC21. The summed E-state index contributed by atoms with van der Waals surface area (Å²) >= 11 is 0. The van der Waals surface area contributed by atoms with Gasteiger partial charge in [-0.05, 0) is 89.7 Å². The van der Waals surface area contributed by atoms with Crippen LogP contribution >= 0.6 is 0 Å². The lowest BCUT2D eigenvalue weighted by Gasteiger charge is -2.35. The molecule has 3 fully saturated rings. The van der Waals surface area contributed by atoms with Crippen molar-refractivity contribution < 1.29 is 9.47 Å². The van der Waals surface area contributed by atoms with Gasteiger partial charge in [0.15, 0.2) is 0 Å². The number of rotatable bonds is 5. The topological polar surface area (TPSA) is 18.5 Å². The van der Waals surface area contributed by atoms with Crippen molar-refractivity contribution in [1.82, 2.24) is 0 Å². The largest absolute Gasteiger partial charge is 0.464 e. The van der Waals surface area contributed by atoms with Gasteiger partial charge in [0, 0.05) is 11.3 Å². The Morgan fingerprint density at radius 2 is 1.75 bits per heavy atom. The van der Waals surface area contributed by atoms with E-state index >= 15 is 0 Å². The lowest BCUT2D eigenvalue weighted by molar-refractivity contribution is -0.162. The highest BCUT2D eigenvalue weighted by molar-refractivity contribution is 5.96. The summed E-state index contributed by atoms with van der Waals surface area (Å²) in [6.07, 6.45) is 8.37. The molecule has 3 saturated carbocycles. The normalized spacial score (nSPS) is 33.9. The monoisotopic (exact) mass is 432 g/mol. The van der Waals surface area contributed by atoms with Gasteiger partial charge >= 0.3 is 0 Å². The standard InChI is InChI=1S/C30H40O2/c1-17(2)29(32-27-16-19-14-24(27)21-10-7-9-20(19)21)31-26-13-12-22-25(30(3,4)5)15-18-8-6-11-23(26)28(18)22/h6,8,11-13,17,19-21,24-25,27,29H,7,9-10,14-16H2,1-5H3. The van der Waals surface area contributed by atoms with Gasteiger partial charge in [-0.3, -0.25) is 0 Å². The van der Waals surface area contributed by atoms with Crippen LogP contribution in [0.4, 0.5) is 0 Å². The van der Waals surface area contributed by atoms with Gasteiger partial charge < -0.3 is 9.47 Å². The van der Waals surface area contributed by atoms with E-state index in [9.17, 15) is 0 Å². The van der Waals surface area contributed by atoms with Crippen LogP contribution in [0.1, 0.15) is 83.8 Å². The van der Waals surface area contributed by atoms with Gasteiger partial charge in [-0.2, -0.15) is 0 Å². The summed E-state index contributed by atoms with van der Waals surface area (Å²) in [7, 11) is 0. The first-order valence-electron chi connectivity index (χ1n) is 13.2. The second kappa shape index (κ2) is 7.49. The molecule has 0 aliphatic heterocycles. The predicted molar refractivity (Wildman–Crippen MR) is 131 cm³/mol. The Kier molecular flexibility index (Phi) is 4.92. The molecule has 2 bridgehead atoms. The first-order chi connectivity index (χ1) is 15.3. The molecule has 0 saturated heterocycles. The Morgan fingerprint density at radius 3 is 2.53 bits per heavy atom. The van der Waals surface area contributed by atoms with Crippen LogP contribution in [-0.2, 0) is 11.2 Å². The average molecular weight is 433 g/mol. The average Bonchev–Trinajstić information content (AvgIpc) is 3.49. The number of hydrogen-bond acceptors (Lipinski definition) is 2. The minimum atomic E-state index is -0.170. The molecule has 2 heteroatoms. The second-order valence-corrected chi connectivity index (χ2v) is 12.7. The van der Waals surface area contributed by atoms with E-state index < -0.39 is 0 Å². The van der Waals surface area contributed by atoms with E-state index in [0.717, 1.165) is 35.8 Å². The van der Waals surface area contributed by atoms with Crippen molar-refractivity contribution in [2.75, 3.05) is 0 Å². The predicted octanol–water partition coefficient (Wildman–Crippen LogP) is 7.73. The van der Waals surface area contributed by atoms with Crippen LogP contribution in [0, 0.1) is 35.0 Å². The van der Waals surface area contributed by atoms with Crippen molar-refractivity contribution in [3.05, 3.63) is 41.5 Å². The van der Waals surface area contributed by atoms with Crippen molar-refractivity contribution in [3.8, 4) is 5.75 Å². The van der Waals surface area contributed by atoms with Crippen LogP contribution in [0.15, 0.2) is 30.3 Å². The van der Waals surface area contributed by atoms with E-state index in [-0.39, 0.29) is 11.7 Å². The van der Waals surface area contributed by atoms with E-state index in [1.165, 1.54) is 54.0 Å². The fourth-order valence-electron chi connectivity index (χ4n) is 7.93. The fraction of sp³-hybridized carbons (Fsp3) is 0.667. The third-order valence-electron chi connectivity index (χ3n) is 9.43. The molecule has 32 heavy (non-hydrogen) atoms. The molecule has 0 aromatic heterocycles. The van der Waals surface area contributed by atoms with E-state index in [1.807, 2.05) is 0 Å². The molecule has 7 atom stereocenters.